The van der Waals surface area contributed by atoms with Crippen molar-refractivity contribution in [1.29, 1.82) is 0 Å². The highest BCUT2D eigenvalue weighted by molar-refractivity contribution is 9.10. The Bertz CT molecular complexity index is 359. The first-order chi connectivity index (χ1) is 7.29. The molecule has 2 nitrogen and oxygen atoms in total. The van der Waals surface area contributed by atoms with Gasteiger partial charge in [0.25, 0.3) is 0 Å². The van der Waals surface area contributed by atoms with Gasteiger partial charge in [-0.3, -0.25) is 4.79 Å². The zero-order chi connectivity index (χ0) is 10.7. The number of ether oxygens (including phenoxy) is 1. The molecule has 0 aromatic heterocycles. The maximum Gasteiger partial charge on any atom is 0.151 e. The molecule has 1 aromatic rings. The fraction of sp³-hybridized carbons (Fsp3) is 0.417. The predicted octanol–water partition coefficient (Wildman–Crippen LogP) is 3.44. The number of hydrogen-bond donors (Lipinski definition) is 0. The first-order valence-electron chi connectivity index (χ1n) is 5.17. The van der Waals surface area contributed by atoms with Crippen LogP contribution in [0.2, 0.25) is 0 Å². The molecule has 1 saturated carbocycles. The minimum atomic E-state index is 0.658. The Morgan fingerprint density at radius 2 is 2.27 bits per heavy atom. The SMILES string of the molecule is O=Cc1ccc(OCC2CCC2)cc1Br. The van der Waals surface area contributed by atoms with Crippen molar-refractivity contribution in [3.63, 3.8) is 0 Å². The number of hydrogen-bond acceptors (Lipinski definition) is 2. The van der Waals surface area contributed by atoms with Crippen LogP contribution in [0.4, 0.5) is 0 Å². The van der Waals surface area contributed by atoms with Crippen molar-refractivity contribution in [3.8, 4) is 5.75 Å². The second-order valence-electron chi connectivity index (χ2n) is 3.91. The van der Waals surface area contributed by atoms with Gasteiger partial charge in [0.05, 0.1) is 6.61 Å². The third-order valence-electron chi connectivity index (χ3n) is 2.81. The largest absolute Gasteiger partial charge is 0.493 e. The Hall–Kier alpha value is -0.830. The normalized spacial score (nSPS) is 15.8. The van der Waals surface area contributed by atoms with Crippen molar-refractivity contribution >= 4 is 22.2 Å². The van der Waals surface area contributed by atoms with Crippen molar-refractivity contribution in [2.75, 3.05) is 6.61 Å². The summed E-state index contributed by atoms with van der Waals surface area (Å²) in [6, 6.07) is 5.46. The Morgan fingerprint density at radius 3 is 2.80 bits per heavy atom. The van der Waals surface area contributed by atoms with Crippen LogP contribution in [0.1, 0.15) is 29.6 Å². The first kappa shape index (κ1) is 10.7. The highest BCUT2D eigenvalue weighted by Crippen LogP contribution is 2.28. The van der Waals surface area contributed by atoms with E-state index < -0.39 is 0 Å². The lowest BCUT2D eigenvalue weighted by molar-refractivity contribution is 0.112. The molecule has 0 aliphatic heterocycles. The third-order valence-corrected chi connectivity index (χ3v) is 3.50. The average Bonchev–Trinajstić information content (AvgIpc) is 2.16. The van der Waals surface area contributed by atoms with Gasteiger partial charge < -0.3 is 4.74 Å². The summed E-state index contributed by atoms with van der Waals surface area (Å²) in [4.78, 5) is 10.6. The van der Waals surface area contributed by atoms with Gasteiger partial charge in [0.2, 0.25) is 0 Å². The Kier molecular flexibility index (Phi) is 3.41. The summed E-state index contributed by atoms with van der Waals surface area (Å²) in [5.41, 5.74) is 0.658. The summed E-state index contributed by atoms with van der Waals surface area (Å²) in [6.45, 7) is 0.798. The lowest BCUT2D eigenvalue weighted by Crippen LogP contribution is -2.19. The molecule has 15 heavy (non-hydrogen) atoms. The molecule has 80 valence electrons. The number of rotatable bonds is 4. The maximum absolute atomic E-state index is 10.6. The summed E-state index contributed by atoms with van der Waals surface area (Å²) in [5, 5.41) is 0. The summed E-state index contributed by atoms with van der Waals surface area (Å²) < 4.78 is 6.44. The molecule has 2 rings (SSSR count). The Morgan fingerprint density at radius 1 is 1.47 bits per heavy atom. The highest BCUT2D eigenvalue weighted by atomic mass is 79.9. The van der Waals surface area contributed by atoms with Gasteiger partial charge in [0.1, 0.15) is 5.75 Å². The second-order valence-corrected chi connectivity index (χ2v) is 4.76. The molecule has 3 heteroatoms. The summed E-state index contributed by atoms with van der Waals surface area (Å²) in [5.74, 6) is 1.56. The molecule has 0 unspecified atom stereocenters. The van der Waals surface area contributed by atoms with E-state index in [0.29, 0.717) is 5.56 Å². The van der Waals surface area contributed by atoms with E-state index >= 15 is 0 Å². The van der Waals surface area contributed by atoms with Gasteiger partial charge in [-0.15, -0.1) is 0 Å². The zero-order valence-electron chi connectivity index (χ0n) is 8.41. The van der Waals surface area contributed by atoms with Gasteiger partial charge in [-0.25, -0.2) is 0 Å². The van der Waals surface area contributed by atoms with Gasteiger partial charge in [0.15, 0.2) is 6.29 Å². The van der Waals surface area contributed by atoms with E-state index in [4.69, 9.17) is 4.74 Å². The first-order valence-corrected chi connectivity index (χ1v) is 5.96. The topological polar surface area (TPSA) is 26.3 Å². The van der Waals surface area contributed by atoms with Gasteiger partial charge >= 0.3 is 0 Å². The Labute approximate surface area is 97.8 Å². The molecular weight excluding hydrogens is 256 g/mol. The van der Waals surface area contributed by atoms with E-state index in [0.717, 1.165) is 29.0 Å². The summed E-state index contributed by atoms with van der Waals surface area (Å²) in [6.07, 6.45) is 4.74. The maximum atomic E-state index is 10.6. The van der Waals surface area contributed by atoms with Crippen molar-refractivity contribution in [2.45, 2.75) is 19.3 Å². The van der Waals surface area contributed by atoms with Crippen LogP contribution < -0.4 is 4.74 Å². The molecule has 1 aliphatic rings. The number of benzene rings is 1. The van der Waals surface area contributed by atoms with E-state index in [1.807, 2.05) is 12.1 Å². The lowest BCUT2D eigenvalue weighted by Gasteiger charge is -2.25. The molecule has 0 radical (unpaired) electrons. The van der Waals surface area contributed by atoms with E-state index in [2.05, 4.69) is 15.9 Å². The van der Waals surface area contributed by atoms with Crippen LogP contribution >= 0.6 is 15.9 Å². The summed E-state index contributed by atoms with van der Waals surface area (Å²) >= 11 is 3.33. The third kappa shape index (κ3) is 2.59. The van der Waals surface area contributed by atoms with Crippen molar-refractivity contribution in [2.24, 2.45) is 5.92 Å². The number of carbonyl (C=O) groups excluding carboxylic acids is 1. The van der Waals surface area contributed by atoms with Crippen LogP contribution in [-0.2, 0) is 0 Å². The van der Waals surface area contributed by atoms with Gasteiger partial charge in [-0.1, -0.05) is 6.42 Å². The highest BCUT2D eigenvalue weighted by Gasteiger charge is 2.17. The number of aldehydes is 1. The van der Waals surface area contributed by atoms with Gasteiger partial charge in [-0.2, -0.15) is 0 Å². The molecule has 1 fully saturated rings. The molecule has 0 heterocycles. The van der Waals surface area contributed by atoms with Crippen LogP contribution in [0.25, 0.3) is 0 Å². The van der Waals surface area contributed by atoms with Crippen LogP contribution in [0.15, 0.2) is 22.7 Å². The van der Waals surface area contributed by atoms with E-state index in [1.165, 1.54) is 19.3 Å². The van der Waals surface area contributed by atoms with E-state index in [1.54, 1.807) is 6.07 Å². The zero-order valence-corrected chi connectivity index (χ0v) is 10.00. The molecule has 0 bridgehead atoms. The molecule has 0 saturated heterocycles. The van der Waals surface area contributed by atoms with Gasteiger partial charge in [-0.05, 0) is 52.9 Å². The lowest BCUT2D eigenvalue weighted by atomic mass is 9.86. The average molecular weight is 269 g/mol. The predicted molar refractivity (Wildman–Crippen MR) is 62.4 cm³/mol. The fourth-order valence-corrected chi connectivity index (χ4v) is 2.02. The van der Waals surface area contributed by atoms with Gasteiger partial charge in [0, 0.05) is 10.0 Å². The van der Waals surface area contributed by atoms with Crippen molar-refractivity contribution in [3.05, 3.63) is 28.2 Å². The van der Waals surface area contributed by atoms with Crippen LogP contribution in [0.5, 0.6) is 5.75 Å². The Balaban J connectivity index is 1.96. The smallest absolute Gasteiger partial charge is 0.151 e. The summed E-state index contributed by atoms with van der Waals surface area (Å²) in [7, 11) is 0. The number of halogens is 1. The van der Waals surface area contributed by atoms with Crippen molar-refractivity contribution in [1.82, 2.24) is 0 Å². The minimum Gasteiger partial charge on any atom is -0.493 e. The molecule has 0 spiro atoms. The minimum absolute atomic E-state index is 0.658. The van der Waals surface area contributed by atoms with Crippen molar-refractivity contribution < 1.29 is 9.53 Å². The molecule has 0 amide bonds. The molecule has 1 aromatic carbocycles. The molecule has 0 N–H and O–H groups in total. The van der Waals surface area contributed by atoms with E-state index in [9.17, 15) is 4.79 Å². The standard InChI is InChI=1S/C12H13BrO2/c13-12-6-11(5-4-10(12)7-14)15-8-9-2-1-3-9/h4-7,9H,1-3,8H2. The van der Waals surface area contributed by atoms with Crippen LogP contribution in [0.3, 0.4) is 0 Å². The van der Waals surface area contributed by atoms with E-state index in [-0.39, 0.29) is 0 Å². The fourth-order valence-electron chi connectivity index (χ4n) is 1.57. The monoisotopic (exact) mass is 268 g/mol. The number of carbonyl (C=O) groups is 1. The molecule has 1 aliphatic carbocycles. The quantitative estimate of drug-likeness (QED) is 0.782. The van der Waals surface area contributed by atoms with Crippen LogP contribution in [-0.4, -0.2) is 12.9 Å². The molecule has 0 atom stereocenters. The van der Waals surface area contributed by atoms with Crippen LogP contribution in [0, 0.1) is 5.92 Å². The molecular formula is C12H13BrO2. The second kappa shape index (κ2) is 4.79.